The molecule has 0 fully saturated rings. The molecule has 0 bridgehead atoms. The maximum absolute atomic E-state index is 9.87. The quantitative estimate of drug-likeness (QED) is 0.541. The molecule has 0 aliphatic heterocycles. The second-order valence-corrected chi connectivity index (χ2v) is 1.80. The third-order valence-corrected chi connectivity index (χ3v) is 0.962. The summed E-state index contributed by atoms with van der Waals surface area (Å²) in [6.07, 6.45) is 3.35. The van der Waals surface area contributed by atoms with Crippen LogP contribution in [0.5, 0.6) is 0 Å². The van der Waals surface area contributed by atoms with Crippen molar-refractivity contribution < 1.29 is 4.79 Å². The lowest BCUT2D eigenvalue weighted by Gasteiger charge is -1.98. The highest BCUT2D eigenvalue weighted by Gasteiger charge is 1.95. The number of carbonyl (C=O) groups is 1. The van der Waals surface area contributed by atoms with Crippen molar-refractivity contribution >= 4 is 6.29 Å². The highest BCUT2D eigenvalue weighted by atomic mass is 16.1. The Morgan fingerprint density at radius 2 is 2.38 bits per heavy atom. The lowest BCUT2D eigenvalue weighted by atomic mass is 10.1. The van der Waals surface area contributed by atoms with E-state index in [9.17, 15) is 4.79 Å². The Morgan fingerprint density at radius 3 is 2.75 bits per heavy atom. The summed E-state index contributed by atoms with van der Waals surface area (Å²) in [5, 5.41) is 0. The van der Waals surface area contributed by atoms with Crippen LogP contribution in [-0.4, -0.2) is 12.3 Å². The number of nitrogens with two attached hydrogens (primary N) is 1. The summed E-state index contributed by atoms with van der Waals surface area (Å²) in [6, 6.07) is -0.267. The summed E-state index contributed by atoms with van der Waals surface area (Å²) in [5.41, 5.74) is 5.26. The Balaban J connectivity index is 2.98. The Morgan fingerprint density at radius 1 is 1.75 bits per heavy atom. The van der Waals surface area contributed by atoms with Crippen molar-refractivity contribution in [2.24, 2.45) is 5.73 Å². The van der Waals surface area contributed by atoms with Gasteiger partial charge in [0.05, 0.1) is 6.04 Å². The first-order valence-electron chi connectivity index (χ1n) is 2.81. The predicted molar refractivity (Wildman–Crippen MR) is 33.2 cm³/mol. The van der Waals surface area contributed by atoms with E-state index in [2.05, 4.69) is 6.92 Å². The average molecular weight is 114 g/mol. The van der Waals surface area contributed by atoms with E-state index in [1.54, 1.807) is 0 Å². The van der Waals surface area contributed by atoms with Crippen molar-refractivity contribution in [3.05, 3.63) is 6.92 Å². The Labute approximate surface area is 50.1 Å². The van der Waals surface area contributed by atoms with E-state index in [1.807, 2.05) is 0 Å². The zero-order valence-corrected chi connectivity index (χ0v) is 4.97. The van der Waals surface area contributed by atoms with Crippen LogP contribution in [0.2, 0.25) is 0 Å². The van der Waals surface area contributed by atoms with E-state index in [-0.39, 0.29) is 6.04 Å². The van der Waals surface area contributed by atoms with Crippen molar-refractivity contribution in [2.45, 2.75) is 25.3 Å². The standard InChI is InChI=1S/C6H12NO/c1-2-3-4-6(7)5-8/h5-6H,1-4,7H2. The van der Waals surface area contributed by atoms with Gasteiger partial charge in [-0.15, -0.1) is 0 Å². The summed E-state index contributed by atoms with van der Waals surface area (Å²) < 4.78 is 0. The molecule has 2 heteroatoms. The molecule has 0 saturated heterocycles. The number of rotatable bonds is 4. The first-order valence-corrected chi connectivity index (χ1v) is 2.81. The van der Waals surface area contributed by atoms with E-state index >= 15 is 0 Å². The SMILES string of the molecule is [CH2]CCCC(N)C=O. The van der Waals surface area contributed by atoms with Gasteiger partial charge in [0, 0.05) is 0 Å². The second-order valence-electron chi connectivity index (χ2n) is 1.80. The van der Waals surface area contributed by atoms with Crippen LogP contribution in [0, 0.1) is 6.92 Å². The van der Waals surface area contributed by atoms with Crippen molar-refractivity contribution in [1.82, 2.24) is 0 Å². The molecule has 0 heterocycles. The molecule has 0 rings (SSSR count). The molecular formula is C6H12NO. The fourth-order valence-electron chi connectivity index (χ4n) is 0.448. The van der Waals surface area contributed by atoms with Crippen LogP contribution < -0.4 is 5.73 Å². The molecule has 2 nitrogen and oxygen atoms in total. The van der Waals surface area contributed by atoms with Crippen molar-refractivity contribution in [3.63, 3.8) is 0 Å². The molecule has 0 aromatic rings. The molecule has 1 radical (unpaired) electrons. The third kappa shape index (κ3) is 3.81. The van der Waals surface area contributed by atoms with Gasteiger partial charge >= 0.3 is 0 Å². The summed E-state index contributed by atoms with van der Waals surface area (Å²) in [4.78, 5) is 9.87. The number of aldehydes is 1. The summed E-state index contributed by atoms with van der Waals surface area (Å²) >= 11 is 0. The van der Waals surface area contributed by atoms with E-state index in [0.29, 0.717) is 0 Å². The minimum Gasteiger partial charge on any atom is -0.322 e. The Kier molecular flexibility index (Phi) is 4.56. The van der Waals surface area contributed by atoms with Crippen LogP contribution in [0.3, 0.4) is 0 Å². The predicted octanol–water partition coefficient (Wildman–Crippen LogP) is 0.517. The maximum Gasteiger partial charge on any atom is 0.136 e. The molecule has 0 aromatic carbocycles. The van der Waals surface area contributed by atoms with E-state index < -0.39 is 0 Å². The molecule has 1 atom stereocenters. The van der Waals surface area contributed by atoms with E-state index in [4.69, 9.17) is 5.73 Å². The van der Waals surface area contributed by atoms with Gasteiger partial charge in [0.1, 0.15) is 6.29 Å². The Hall–Kier alpha value is -0.370. The van der Waals surface area contributed by atoms with Crippen LogP contribution in [-0.2, 0) is 4.79 Å². The highest BCUT2D eigenvalue weighted by Crippen LogP contribution is 1.94. The van der Waals surface area contributed by atoms with Gasteiger partial charge in [-0.3, -0.25) is 0 Å². The zero-order valence-electron chi connectivity index (χ0n) is 4.97. The molecule has 47 valence electrons. The smallest absolute Gasteiger partial charge is 0.136 e. The molecular weight excluding hydrogens is 102 g/mol. The molecule has 0 aliphatic rings. The number of hydrogen-bond acceptors (Lipinski definition) is 2. The first kappa shape index (κ1) is 7.63. The summed E-state index contributed by atoms with van der Waals surface area (Å²) in [6.45, 7) is 3.62. The van der Waals surface area contributed by atoms with Gasteiger partial charge < -0.3 is 10.5 Å². The fraction of sp³-hybridized carbons (Fsp3) is 0.667. The molecule has 0 spiro atoms. The van der Waals surface area contributed by atoms with Crippen LogP contribution in [0.25, 0.3) is 0 Å². The lowest BCUT2D eigenvalue weighted by Crippen LogP contribution is -2.20. The van der Waals surface area contributed by atoms with E-state index in [1.165, 1.54) is 0 Å². The van der Waals surface area contributed by atoms with Gasteiger partial charge in [-0.1, -0.05) is 19.8 Å². The number of carbonyl (C=O) groups excluding carboxylic acids is 1. The normalized spacial score (nSPS) is 13.2. The second kappa shape index (κ2) is 4.78. The first-order chi connectivity index (χ1) is 3.81. The van der Waals surface area contributed by atoms with Gasteiger partial charge in [-0.25, -0.2) is 0 Å². The Bertz CT molecular complexity index is 63.5. The summed E-state index contributed by atoms with van der Waals surface area (Å²) in [5.74, 6) is 0. The van der Waals surface area contributed by atoms with Gasteiger partial charge in [-0.2, -0.15) is 0 Å². The topological polar surface area (TPSA) is 43.1 Å². The van der Waals surface area contributed by atoms with Crippen LogP contribution in [0.15, 0.2) is 0 Å². The van der Waals surface area contributed by atoms with Crippen molar-refractivity contribution in [3.8, 4) is 0 Å². The number of hydrogen-bond donors (Lipinski definition) is 1. The molecule has 0 amide bonds. The third-order valence-electron chi connectivity index (χ3n) is 0.962. The van der Waals surface area contributed by atoms with Gasteiger partial charge in [-0.05, 0) is 6.42 Å². The summed E-state index contributed by atoms with van der Waals surface area (Å²) in [7, 11) is 0. The highest BCUT2D eigenvalue weighted by molar-refractivity contribution is 5.56. The molecule has 0 saturated carbocycles. The van der Waals surface area contributed by atoms with Crippen LogP contribution in [0.4, 0.5) is 0 Å². The largest absolute Gasteiger partial charge is 0.322 e. The average Bonchev–Trinajstić information content (AvgIpc) is 1.83. The van der Waals surface area contributed by atoms with Crippen LogP contribution >= 0.6 is 0 Å². The molecule has 8 heavy (non-hydrogen) atoms. The van der Waals surface area contributed by atoms with Crippen molar-refractivity contribution in [2.75, 3.05) is 0 Å². The van der Waals surface area contributed by atoms with Gasteiger partial charge in [0.2, 0.25) is 0 Å². The minimum absolute atomic E-state index is 0.267. The van der Waals surface area contributed by atoms with Gasteiger partial charge in [0.15, 0.2) is 0 Å². The molecule has 1 unspecified atom stereocenters. The number of unbranched alkanes of at least 4 members (excludes halogenated alkanes) is 1. The fourth-order valence-corrected chi connectivity index (χ4v) is 0.448. The minimum atomic E-state index is -0.267. The zero-order chi connectivity index (χ0) is 6.41. The maximum atomic E-state index is 9.87. The van der Waals surface area contributed by atoms with Crippen molar-refractivity contribution in [1.29, 1.82) is 0 Å². The van der Waals surface area contributed by atoms with Gasteiger partial charge in [0.25, 0.3) is 0 Å². The molecule has 0 aliphatic carbocycles. The molecule has 0 aromatic heterocycles. The molecule has 2 N–H and O–H groups in total. The lowest BCUT2D eigenvalue weighted by molar-refractivity contribution is -0.109. The van der Waals surface area contributed by atoms with E-state index in [0.717, 1.165) is 25.5 Å². The monoisotopic (exact) mass is 114 g/mol. The van der Waals surface area contributed by atoms with Crippen LogP contribution in [0.1, 0.15) is 19.3 Å².